The number of fused-ring (bicyclic) bond motifs is 5. The fourth-order valence-corrected chi connectivity index (χ4v) is 10.2. The highest BCUT2D eigenvalue weighted by Gasteiger charge is 2.76. The number of carboxylic acid groups (broad SMARTS) is 1. The normalized spacial score (nSPS) is 45.5. The van der Waals surface area contributed by atoms with Crippen molar-refractivity contribution in [1.82, 2.24) is 0 Å². The quantitative estimate of drug-likeness (QED) is 0.203. The van der Waals surface area contributed by atoms with E-state index in [0.717, 1.165) is 5.57 Å². The average molecular weight is 591 g/mol. The SMILES string of the molecule is CC(=O)OC1CC2(C)C(CC(O)C3C4(C)CCC(O)C(C)C4C(OC(C)=O)C(O)C32C)C1=C(CCC=C(C)C)C(=O)O. The molecule has 4 aliphatic carbocycles. The lowest BCUT2D eigenvalue weighted by Crippen LogP contribution is -2.74. The van der Waals surface area contributed by atoms with E-state index < -0.39 is 82.4 Å². The molecule has 0 amide bonds. The zero-order valence-corrected chi connectivity index (χ0v) is 26.3. The van der Waals surface area contributed by atoms with Crippen molar-refractivity contribution >= 4 is 17.9 Å². The second-order valence-corrected chi connectivity index (χ2v) is 14.4. The first kappa shape index (κ1) is 32.7. The fourth-order valence-electron chi connectivity index (χ4n) is 10.2. The lowest BCUT2D eigenvalue weighted by molar-refractivity contribution is -0.307. The molecule has 0 aromatic rings. The topological polar surface area (TPSA) is 151 Å². The molecule has 0 radical (unpaired) electrons. The number of carbonyl (C=O) groups excluding carboxylic acids is 2. The lowest BCUT2D eigenvalue weighted by atomic mass is 9.35. The number of aliphatic carboxylic acids is 1. The summed E-state index contributed by atoms with van der Waals surface area (Å²) >= 11 is 0. The van der Waals surface area contributed by atoms with Crippen molar-refractivity contribution in [2.75, 3.05) is 0 Å². The Morgan fingerprint density at radius 1 is 0.976 bits per heavy atom. The number of carboxylic acids is 1. The van der Waals surface area contributed by atoms with Gasteiger partial charge in [0.15, 0.2) is 0 Å². The van der Waals surface area contributed by atoms with Gasteiger partial charge in [-0.15, -0.1) is 0 Å². The Hall–Kier alpha value is -2.23. The summed E-state index contributed by atoms with van der Waals surface area (Å²) in [5.74, 6) is -3.76. The van der Waals surface area contributed by atoms with Crippen molar-refractivity contribution in [2.45, 2.75) is 124 Å². The van der Waals surface area contributed by atoms with Gasteiger partial charge in [0.25, 0.3) is 0 Å². The van der Waals surface area contributed by atoms with Crippen LogP contribution in [0.1, 0.15) is 93.9 Å². The van der Waals surface area contributed by atoms with Gasteiger partial charge in [-0.3, -0.25) is 9.59 Å². The number of allylic oxidation sites excluding steroid dienone is 2. The molecule has 0 saturated heterocycles. The summed E-state index contributed by atoms with van der Waals surface area (Å²) < 4.78 is 11.7. The van der Waals surface area contributed by atoms with E-state index in [4.69, 9.17) is 9.47 Å². The summed E-state index contributed by atoms with van der Waals surface area (Å²) in [6.45, 7) is 14.4. The molecule has 0 bridgehead atoms. The van der Waals surface area contributed by atoms with E-state index >= 15 is 0 Å². The Kier molecular flexibility index (Phi) is 8.84. The number of rotatable bonds is 6. The van der Waals surface area contributed by atoms with Crippen LogP contribution in [0.4, 0.5) is 0 Å². The van der Waals surface area contributed by atoms with Crippen LogP contribution < -0.4 is 0 Å². The molecule has 4 aliphatic rings. The number of carbonyl (C=O) groups is 3. The number of hydrogen-bond acceptors (Lipinski definition) is 8. The maximum absolute atomic E-state index is 12.7. The van der Waals surface area contributed by atoms with Crippen LogP contribution in [0.3, 0.4) is 0 Å². The van der Waals surface area contributed by atoms with E-state index in [1.165, 1.54) is 13.8 Å². The summed E-state index contributed by atoms with van der Waals surface area (Å²) in [5, 5.41) is 45.7. The minimum Gasteiger partial charge on any atom is -0.478 e. The molecule has 4 N–H and O–H groups in total. The van der Waals surface area contributed by atoms with E-state index in [9.17, 15) is 34.8 Å². The Bertz CT molecular complexity index is 1170. The summed E-state index contributed by atoms with van der Waals surface area (Å²) in [7, 11) is 0. The van der Waals surface area contributed by atoms with Crippen molar-refractivity contribution in [3.05, 3.63) is 22.8 Å². The van der Waals surface area contributed by atoms with Crippen LogP contribution in [-0.4, -0.2) is 68.9 Å². The highest BCUT2D eigenvalue weighted by atomic mass is 16.6. The van der Waals surface area contributed by atoms with Gasteiger partial charge in [-0.25, -0.2) is 4.79 Å². The molecule has 4 rings (SSSR count). The van der Waals surface area contributed by atoms with Crippen molar-refractivity contribution < 1.29 is 44.3 Å². The second-order valence-electron chi connectivity index (χ2n) is 14.4. The number of aliphatic hydroxyl groups excluding tert-OH is 3. The van der Waals surface area contributed by atoms with E-state index in [0.29, 0.717) is 24.8 Å². The minimum absolute atomic E-state index is 0.182. The molecule has 4 fully saturated rings. The maximum Gasteiger partial charge on any atom is 0.331 e. The Balaban J connectivity index is 1.94. The maximum atomic E-state index is 12.7. The summed E-state index contributed by atoms with van der Waals surface area (Å²) in [6, 6.07) is 0. The molecular weight excluding hydrogens is 540 g/mol. The predicted octanol–water partition coefficient (Wildman–Crippen LogP) is 4.18. The zero-order valence-electron chi connectivity index (χ0n) is 26.3. The minimum atomic E-state index is -1.21. The van der Waals surface area contributed by atoms with Crippen LogP contribution in [0.25, 0.3) is 0 Å². The molecule has 0 heterocycles. The fraction of sp³-hybridized carbons (Fsp3) is 0.788. The number of ether oxygens (including phenoxy) is 2. The average Bonchev–Trinajstić information content (AvgIpc) is 3.13. The van der Waals surface area contributed by atoms with Gasteiger partial charge < -0.3 is 29.9 Å². The van der Waals surface area contributed by atoms with E-state index in [1.807, 2.05) is 40.7 Å². The highest BCUT2D eigenvalue weighted by molar-refractivity contribution is 5.88. The second kappa shape index (κ2) is 11.4. The zero-order chi connectivity index (χ0) is 31.5. The van der Waals surface area contributed by atoms with Gasteiger partial charge in [-0.1, -0.05) is 39.3 Å². The molecule has 42 heavy (non-hydrogen) atoms. The van der Waals surface area contributed by atoms with Gasteiger partial charge in [0, 0.05) is 30.8 Å². The molecule has 9 heteroatoms. The standard InChI is InChI=1S/C33H50O9/c1-16(2)10-9-11-20(30(39)40)25-21-14-23(37)28-31(6)13-12-22(36)17(3)26(31)27(42-19(5)35)29(38)33(28,8)32(21,7)15-24(25)41-18(4)34/h10,17,21-24,26-29,36-38H,9,11-15H2,1-8H3,(H,39,40). The van der Waals surface area contributed by atoms with Crippen LogP contribution in [0.2, 0.25) is 0 Å². The molecule has 0 aliphatic heterocycles. The van der Waals surface area contributed by atoms with Gasteiger partial charge >= 0.3 is 17.9 Å². The van der Waals surface area contributed by atoms with E-state index in [2.05, 4.69) is 6.92 Å². The number of aliphatic hydroxyl groups is 3. The number of hydrogen-bond donors (Lipinski definition) is 4. The Morgan fingerprint density at radius 3 is 2.14 bits per heavy atom. The first-order valence-electron chi connectivity index (χ1n) is 15.4. The molecule has 0 aromatic carbocycles. The molecule has 12 unspecified atom stereocenters. The van der Waals surface area contributed by atoms with Gasteiger partial charge in [0.05, 0.1) is 18.3 Å². The van der Waals surface area contributed by atoms with Gasteiger partial charge in [-0.05, 0) is 86.5 Å². The third-order valence-electron chi connectivity index (χ3n) is 11.9. The summed E-state index contributed by atoms with van der Waals surface area (Å²) in [5.41, 5.74) is -0.694. The van der Waals surface area contributed by atoms with Crippen molar-refractivity contribution in [3.63, 3.8) is 0 Å². The molecule has 0 aromatic heterocycles. The van der Waals surface area contributed by atoms with Gasteiger partial charge in [-0.2, -0.15) is 0 Å². The third kappa shape index (κ3) is 4.93. The molecule has 4 saturated carbocycles. The van der Waals surface area contributed by atoms with Crippen molar-refractivity contribution in [2.24, 2.45) is 39.9 Å². The van der Waals surface area contributed by atoms with Crippen molar-refractivity contribution in [1.29, 1.82) is 0 Å². The molecule has 9 nitrogen and oxygen atoms in total. The largest absolute Gasteiger partial charge is 0.478 e. The first-order chi connectivity index (χ1) is 19.4. The van der Waals surface area contributed by atoms with Crippen LogP contribution in [0.5, 0.6) is 0 Å². The van der Waals surface area contributed by atoms with Crippen LogP contribution in [0.15, 0.2) is 22.8 Å². The van der Waals surface area contributed by atoms with E-state index in [1.54, 1.807) is 0 Å². The molecule has 12 atom stereocenters. The third-order valence-corrected chi connectivity index (χ3v) is 11.9. The van der Waals surface area contributed by atoms with Crippen LogP contribution in [-0.2, 0) is 23.9 Å². The summed E-state index contributed by atoms with van der Waals surface area (Å²) in [6.07, 6.45) is -0.167. The first-order valence-corrected chi connectivity index (χ1v) is 15.4. The van der Waals surface area contributed by atoms with Crippen LogP contribution >= 0.6 is 0 Å². The summed E-state index contributed by atoms with van der Waals surface area (Å²) in [4.78, 5) is 37.5. The lowest BCUT2D eigenvalue weighted by Gasteiger charge is -2.71. The molecular formula is C33H50O9. The Labute approximate surface area is 249 Å². The molecule has 236 valence electrons. The van der Waals surface area contributed by atoms with Gasteiger partial charge in [0.2, 0.25) is 0 Å². The predicted molar refractivity (Wildman–Crippen MR) is 155 cm³/mol. The van der Waals surface area contributed by atoms with Gasteiger partial charge in [0.1, 0.15) is 12.2 Å². The van der Waals surface area contributed by atoms with E-state index in [-0.39, 0.29) is 30.8 Å². The highest BCUT2D eigenvalue weighted by Crippen LogP contribution is 2.74. The smallest absolute Gasteiger partial charge is 0.331 e. The molecule has 0 spiro atoms. The van der Waals surface area contributed by atoms with Crippen molar-refractivity contribution in [3.8, 4) is 0 Å². The monoisotopic (exact) mass is 590 g/mol. The number of esters is 2. The van der Waals surface area contributed by atoms with Crippen LogP contribution in [0, 0.1) is 39.9 Å². The Morgan fingerprint density at radius 2 is 1.60 bits per heavy atom.